The zero-order valence-electron chi connectivity index (χ0n) is 12.6. The number of hydrogen-bond donors (Lipinski definition) is 0. The summed E-state index contributed by atoms with van der Waals surface area (Å²) in [6.45, 7) is 6.82. The minimum Gasteiger partial charge on any atom is -0.466 e. The second kappa shape index (κ2) is 8.34. The third-order valence-corrected chi connectivity index (χ3v) is 4.24. The van der Waals surface area contributed by atoms with E-state index in [4.69, 9.17) is 4.74 Å². The second-order valence-corrected chi connectivity index (χ2v) is 5.88. The number of carbonyl (C=O) groups excluding carboxylic acids is 2. The van der Waals surface area contributed by atoms with E-state index in [2.05, 4.69) is 13.8 Å². The lowest BCUT2D eigenvalue weighted by Crippen LogP contribution is -2.30. The monoisotopic (exact) mass is 268 g/mol. The number of Topliss-reactive ketones (excluding diaryl/α,β-unsaturated/α-hetero) is 1. The highest BCUT2D eigenvalue weighted by Gasteiger charge is 2.32. The molecule has 1 fully saturated rings. The fraction of sp³-hybridized carbons (Fsp3) is 0.875. The number of rotatable bonds is 7. The largest absolute Gasteiger partial charge is 0.466 e. The molecule has 0 radical (unpaired) electrons. The molecule has 0 aromatic heterocycles. The molecule has 0 bridgehead atoms. The van der Waals surface area contributed by atoms with Crippen molar-refractivity contribution in [2.24, 2.45) is 17.8 Å². The molecule has 3 unspecified atom stereocenters. The molecular weight excluding hydrogens is 240 g/mol. The molecule has 0 saturated heterocycles. The summed E-state index contributed by atoms with van der Waals surface area (Å²) in [5, 5.41) is 0. The third kappa shape index (κ3) is 5.33. The Labute approximate surface area is 117 Å². The van der Waals surface area contributed by atoms with Crippen molar-refractivity contribution in [1.82, 2.24) is 0 Å². The average Bonchev–Trinajstić information content (AvgIpc) is 2.42. The fourth-order valence-electron chi connectivity index (χ4n) is 3.03. The Morgan fingerprint density at radius 2 is 1.89 bits per heavy atom. The predicted octanol–water partition coefficient (Wildman–Crippen LogP) is 3.75. The molecule has 110 valence electrons. The highest BCUT2D eigenvalue weighted by molar-refractivity contribution is 5.85. The summed E-state index contributed by atoms with van der Waals surface area (Å²) in [6.07, 6.45) is 5.91. The van der Waals surface area contributed by atoms with E-state index in [1.807, 2.05) is 6.92 Å². The Hall–Kier alpha value is -0.860. The Kier molecular flexibility index (Phi) is 7.11. The maximum absolute atomic E-state index is 12.3. The van der Waals surface area contributed by atoms with Crippen LogP contribution in [0.3, 0.4) is 0 Å². The molecule has 0 aromatic rings. The van der Waals surface area contributed by atoms with Gasteiger partial charge in [0.25, 0.3) is 0 Å². The van der Waals surface area contributed by atoms with Crippen molar-refractivity contribution < 1.29 is 14.3 Å². The standard InChI is InChI=1S/C16H28O3/c1-4-10-19-16(18)9-8-15(17)14-11-12(3)6-7-13(14)5-2/h12-14H,4-11H2,1-3H3. The second-order valence-electron chi connectivity index (χ2n) is 5.88. The van der Waals surface area contributed by atoms with Crippen LogP contribution >= 0.6 is 0 Å². The summed E-state index contributed by atoms with van der Waals surface area (Å²) in [5.74, 6) is 1.38. The van der Waals surface area contributed by atoms with Crippen LogP contribution in [-0.4, -0.2) is 18.4 Å². The van der Waals surface area contributed by atoms with Crippen LogP contribution in [0.4, 0.5) is 0 Å². The van der Waals surface area contributed by atoms with Crippen LogP contribution in [0, 0.1) is 17.8 Å². The van der Waals surface area contributed by atoms with Gasteiger partial charge in [0.2, 0.25) is 0 Å². The zero-order chi connectivity index (χ0) is 14.3. The van der Waals surface area contributed by atoms with Crippen molar-refractivity contribution in [3.63, 3.8) is 0 Å². The van der Waals surface area contributed by atoms with Crippen molar-refractivity contribution in [3.05, 3.63) is 0 Å². The number of hydrogen-bond acceptors (Lipinski definition) is 3. The van der Waals surface area contributed by atoms with E-state index in [0.717, 1.165) is 25.7 Å². The topological polar surface area (TPSA) is 43.4 Å². The van der Waals surface area contributed by atoms with Gasteiger partial charge in [-0.05, 0) is 31.1 Å². The minimum absolute atomic E-state index is 0.174. The molecule has 1 aliphatic rings. The van der Waals surface area contributed by atoms with Crippen molar-refractivity contribution in [2.75, 3.05) is 6.61 Å². The molecule has 0 spiro atoms. The van der Waals surface area contributed by atoms with Crippen molar-refractivity contribution in [2.45, 2.75) is 65.7 Å². The number of ketones is 1. The van der Waals surface area contributed by atoms with Crippen molar-refractivity contribution >= 4 is 11.8 Å². The van der Waals surface area contributed by atoms with Crippen LogP contribution in [0.15, 0.2) is 0 Å². The molecular formula is C16H28O3. The van der Waals surface area contributed by atoms with E-state index in [1.165, 1.54) is 6.42 Å². The molecule has 0 amide bonds. The lowest BCUT2D eigenvalue weighted by atomic mass is 9.71. The lowest BCUT2D eigenvalue weighted by Gasteiger charge is -2.33. The van der Waals surface area contributed by atoms with E-state index < -0.39 is 0 Å². The first kappa shape index (κ1) is 16.2. The molecule has 0 N–H and O–H groups in total. The van der Waals surface area contributed by atoms with Gasteiger partial charge in [-0.2, -0.15) is 0 Å². The molecule has 3 heteroatoms. The van der Waals surface area contributed by atoms with Gasteiger partial charge < -0.3 is 4.74 Å². The van der Waals surface area contributed by atoms with Gasteiger partial charge in [0.15, 0.2) is 0 Å². The highest BCUT2D eigenvalue weighted by Crippen LogP contribution is 2.36. The van der Waals surface area contributed by atoms with Crippen LogP contribution in [-0.2, 0) is 14.3 Å². The molecule has 19 heavy (non-hydrogen) atoms. The van der Waals surface area contributed by atoms with Crippen LogP contribution in [0.1, 0.15) is 65.7 Å². The van der Waals surface area contributed by atoms with Gasteiger partial charge in [0.05, 0.1) is 13.0 Å². The van der Waals surface area contributed by atoms with Gasteiger partial charge in [-0.1, -0.05) is 33.6 Å². The quantitative estimate of drug-likeness (QED) is 0.660. The summed E-state index contributed by atoms with van der Waals surface area (Å²) in [6, 6.07) is 0. The molecule has 0 aliphatic heterocycles. The number of ether oxygens (including phenoxy) is 1. The van der Waals surface area contributed by atoms with E-state index in [1.54, 1.807) is 0 Å². The van der Waals surface area contributed by atoms with Gasteiger partial charge in [-0.25, -0.2) is 0 Å². The first-order chi connectivity index (χ1) is 9.08. The van der Waals surface area contributed by atoms with E-state index in [0.29, 0.717) is 24.9 Å². The smallest absolute Gasteiger partial charge is 0.306 e. The van der Waals surface area contributed by atoms with E-state index >= 15 is 0 Å². The van der Waals surface area contributed by atoms with E-state index in [9.17, 15) is 9.59 Å². The lowest BCUT2D eigenvalue weighted by molar-refractivity contribution is -0.145. The maximum atomic E-state index is 12.3. The molecule has 0 aromatic carbocycles. The van der Waals surface area contributed by atoms with E-state index in [-0.39, 0.29) is 24.1 Å². The zero-order valence-corrected chi connectivity index (χ0v) is 12.6. The van der Waals surface area contributed by atoms with Gasteiger partial charge >= 0.3 is 5.97 Å². The first-order valence-electron chi connectivity index (χ1n) is 7.76. The number of carbonyl (C=O) groups is 2. The van der Waals surface area contributed by atoms with Crippen LogP contribution in [0.2, 0.25) is 0 Å². The Balaban J connectivity index is 2.40. The molecule has 1 saturated carbocycles. The van der Waals surface area contributed by atoms with Gasteiger partial charge in [0, 0.05) is 12.3 Å². The van der Waals surface area contributed by atoms with Gasteiger partial charge in [-0.15, -0.1) is 0 Å². The summed E-state index contributed by atoms with van der Waals surface area (Å²) in [4.78, 5) is 23.7. The maximum Gasteiger partial charge on any atom is 0.306 e. The van der Waals surface area contributed by atoms with Gasteiger partial charge in [0.1, 0.15) is 5.78 Å². The van der Waals surface area contributed by atoms with Crippen LogP contribution in [0.25, 0.3) is 0 Å². The summed E-state index contributed by atoms with van der Waals surface area (Å²) >= 11 is 0. The first-order valence-corrected chi connectivity index (χ1v) is 7.76. The van der Waals surface area contributed by atoms with Crippen molar-refractivity contribution in [1.29, 1.82) is 0 Å². The fourth-order valence-corrected chi connectivity index (χ4v) is 3.03. The normalized spacial score (nSPS) is 27.0. The molecule has 3 nitrogen and oxygen atoms in total. The Morgan fingerprint density at radius 1 is 1.16 bits per heavy atom. The summed E-state index contributed by atoms with van der Waals surface area (Å²) < 4.78 is 5.01. The molecule has 3 atom stereocenters. The van der Waals surface area contributed by atoms with Crippen LogP contribution < -0.4 is 0 Å². The Bertz CT molecular complexity index is 298. The summed E-state index contributed by atoms with van der Waals surface area (Å²) in [7, 11) is 0. The van der Waals surface area contributed by atoms with Crippen LogP contribution in [0.5, 0.6) is 0 Å². The average molecular weight is 268 g/mol. The van der Waals surface area contributed by atoms with Crippen molar-refractivity contribution in [3.8, 4) is 0 Å². The highest BCUT2D eigenvalue weighted by atomic mass is 16.5. The molecule has 0 heterocycles. The summed E-state index contributed by atoms with van der Waals surface area (Å²) in [5.41, 5.74) is 0. The molecule has 1 aliphatic carbocycles. The SMILES string of the molecule is CCCOC(=O)CCC(=O)C1CC(C)CCC1CC. The minimum atomic E-state index is -0.230. The van der Waals surface area contributed by atoms with Gasteiger partial charge in [-0.3, -0.25) is 9.59 Å². The predicted molar refractivity (Wildman–Crippen MR) is 75.8 cm³/mol. The third-order valence-electron chi connectivity index (χ3n) is 4.24. The number of esters is 1. The Morgan fingerprint density at radius 3 is 2.53 bits per heavy atom. The molecule has 1 rings (SSSR count).